The lowest BCUT2D eigenvalue weighted by Crippen LogP contribution is -2.59. The third-order valence-corrected chi connectivity index (χ3v) is 6.95. The molecule has 12 nitrogen and oxygen atoms in total. The first-order chi connectivity index (χ1) is 16.0. The molecule has 0 radical (unpaired) electrons. The quantitative estimate of drug-likeness (QED) is 0.440. The molecule has 3 atom stereocenters. The van der Waals surface area contributed by atoms with E-state index in [1.165, 1.54) is 34.3 Å². The summed E-state index contributed by atoms with van der Waals surface area (Å²) in [6, 6.07) is 0.441. The summed E-state index contributed by atoms with van der Waals surface area (Å²) in [5.41, 5.74) is 5.46. The van der Waals surface area contributed by atoms with Gasteiger partial charge in [0.1, 0.15) is 12.1 Å². The molecule has 0 bridgehead atoms. The van der Waals surface area contributed by atoms with Crippen molar-refractivity contribution in [2.75, 3.05) is 6.54 Å². The molecule has 3 rings (SSSR count). The monoisotopic (exact) mass is 494 g/mol. The van der Waals surface area contributed by atoms with E-state index in [1.807, 2.05) is 13.8 Å². The number of sulfonamides is 1. The molecule has 1 fully saturated rings. The highest BCUT2D eigenvalue weighted by Gasteiger charge is 2.40. The molecule has 3 heterocycles. The third kappa shape index (κ3) is 6.03. The topological polar surface area (TPSA) is 170 Å². The highest BCUT2D eigenvalue weighted by molar-refractivity contribution is 7.89. The number of nitrogens with two attached hydrogens (primary N) is 1. The number of nitrogens with zero attached hydrogens (tertiary/aromatic N) is 3. The maximum absolute atomic E-state index is 13.2. The van der Waals surface area contributed by atoms with Gasteiger partial charge in [-0.2, -0.15) is 0 Å². The summed E-state index contributed by atoms with van der Waals surface area (Å²) in [5.74, 6) is -1.64. The second-order valence-electron chi connectivity index (χ2n) is 8.80. The van der Waals surface area contributed by atoms with Crippen LogP contribution in [0.5, 0.6) is 0 Å². The van der Waals surface area contributed by atoms with E-state index in [2.05, 4.69) is 15.0 Å². The van der Waals surface area contributed by atoms with Gasteiger partial charge >= 0.3 is 0 Å². The molecule has 2 aromatic heterocycles. The van der Waals surface area contributed by atoms with Crippen LogP contribution < -0.4 is 15.8 Å². The van der Waals surface area contributed by atoms with E-state index in [0.717, 1.165) is 0 Å². The second-order valence-corrected chi connectivity index (χ2v) is 10.5. The zero-order chi connectivity index (χ0) is 25.0. The molecular formula is C21H30N6O6S. The van der Waals surface area contributed by atoms with E-state index in [0.29, 0.717) is 6.42 Å². The van der Waals surface area contributed by atoms with Gasteiger partial charge in [-0.05, 0) is 37.3 Å². The van der Waals surface area contributed by atoms with Crippen molar-refractivity contribution < 1.29 is 27.2 Å². The van der Waals surface area contributed by atoms with E-state index in [1.54, 1.807) is 13.1 Å². The molecule has 2 aromatic rings. The molecule has 0 spiro atoms. The minimum Gasteiger partial charge on any atom is -0.459 e. The van der Waals surface area contributed by atoms with Crippen molar-refractivity contribution in [3.05, 3.63) is 36.7 Å². The normalized spacial score (nSPS) is 19.7. The molecule has 0 unspecified atom stereocenters. The number of furan rings is 1. The third-order valence-electron chi connectivity index (χ3n) is 5.54. The van der Waals surface area contributed by atoms with Gasteiger partial charge in [-0.15, -0.1) is 0 Å². The first kappa shape index (κ1) is 25.4. The number of carbonyl (C=O) groups is 3. The predicted octanol–water partition coefficient (Wildman–Crippen LogP) is -0.0190. The van der Waals surface area contributed by atoms with Crippen molar-refractivity contribution in [3.63, 3.8) is 0 Å². The Labute approximate surface area is 197 Å². The van der Waals surface area contributed by atoms with E-state index in [-0.39, 0.29) is 36.1 Å². The van der Waals surface area contributed by atoms with Crippen LogP contribution in [0.3, 0.4) is 0 Å². The fraction of sp³-hybridized carbons (Fsp3) is 0.524. The number of imidazole rings is 1. The summed E-state index contributed by atoms with van der Waals surface area (Å²) >= 11 is 0. The molecule has 3 amide bonds. The van der Waals surface area contributed by atoms with Gasteiger partial charge in [0.2, 0.25) is 11.8 Å². The maximum Gasteiger partial charge on any atom is 0.290 e. The van der Waals surface area contributed by atoms with Gasteiger partial charge in [0.25, 0.3) is 15.9 Å². The smallest absolute Gasteiger partial charge is 0.290 e. The van der Waals surface area contributed by atoms with Gasteiger partial charge in [0.15, 0.2) is 10.8 Å². The number of rotatable bonds is 9. The van der Waals surface area contributed by atoms with Crippen LogP contribution in [0.25, 0.3) is 0 Å². The van der Waals surface area contributed by atoms with Crippen LogP contribution in [0.15, 0.2) is 40.4 Å². The Kier molecular flexibility index (Phi) is 7.77. The van der Waals surface area contributed by atoms with Gasteiger partial charge in [-0.25, -0.2) is 18.1 Å². The lowest BCUT2D eigenvalue weighted by atomic mass is 9.95. The Morgan fingerprint density at radius 2 is 2.06 bits per heavy atom. The summed E-state index contributed by atoms with van der Waals surface area (Å²) in [4.78, 5) is 43.3. The Bertz CT molecular complexity index is 1130. The Balaban J connectivity index is 1.82. The number of aryl methyl sites for hydroxylation is 1. The van der Waals surface area contributed by atoms with Gasteiger partial charge in [-0.3, -0.25) is 14.4 Å². The number of amides is 3. The predicted molar refractivity (Wildman–Crippen MR) is 121 cm³/mol. The lowest BCUT2D eigenvalue weighted by Gasteiger charge is -2.38. The minimum atomic E-state index is -3.93. The highest BCUT2D eigenvalue weighted by Crippen LogP contribution is 2.23. The largest absolute Gasteiger partial charge is 0.459 e. The molecule has 186 valence electrons. The SMILES string of the molecule is CC(C)C[C@@H](NC(=O)[C@@H]1C[C@@H](NS(=O)(=O)c2cn(C)cn2)CCN1C(=O)c1ccco1)C(N)=O. The molecular weight excluding hydrogens is 464 g/mol. The minimum absolute atomic E-state index is 0.00247. The van der Waals surface area contributed by atoms with E-state index < -0.39 is 45.9 Å². The van der Waals surface area contributed by atoms with Crippen molar-refractivity contribution in [1.29, 1.82) is 0 Å². The van der Waals surface area contributed by atoms with Crippen molar-refractivity contribution in [2.45, 2.75) is 56.3 Å². The summed E-state index contributed by atoms with van der Waals surface area (Å²) in [5, 5.41) is 2.49. The Hall–Kier alpha value is -3.19. The Morgan fingerprint density at radius 3 is 2.62 bits per heavy atom. The van der Waals surface area contributed by atoms with Crippen molar-refractivity contribution in [2.24, 2.45) is 18.7 Å². The van der Waals surface area contributed by atoms with E-state index >= 15 is 0 Å². The van der Waals surface area contributed by atoms with Crippen LogP contribution in [0, 0.1) is 5.92 Å². The van der Waals surface area contributed by atoms with E-state index in [9.17, 15) is 22.8 Å². The van der Waals surface area contributed by atoms with Crippen molar-refractivity contribution >= 4 is 27.7 Å². The standard InChI is InChI=1S/C21H30N6O6S/c1-13(2)9-15(19(22)28)24-20(29)16-10-14(25-34(31,32)18-11-26(3)12-23-18)6-7-27(16)21(30)17-5-4-8-33-17/h4-5,8,11-16,25H,6-7,9-10H2,1-3H3,(H2,22,28)(H,24,29)/t14-,15+,16-/m0/s1. The van der Waals surface area contributed by atoms with Gasteiger partial charge < -0.3 is 24.9 Å². The number of nitrogens with one attached hydrogen (secondary N) is 2. The maximum atomic E-state index is 13.2. The summed E-state index contributed by atoms with van der Waals surface area (Å²) in [6.07, 6.45) is 4.68. The van der Waals surface area contributed by atoms with Crippen LogP contribution in [0.1, 0.15) is 43.7 Å². The van der Waals surface area contributed by atoms with Crippen molar-refractivity contribution in [3.8, 4) is 0 Å². The van der Waals surface area contributed by atoms with Crippen LogP contribution in [-0.4, -0.2) is 65.3 Å². The molecule has 34 heavy (non-hydrogen) atoms. The molecule has 4 N–H and O–H groups in total. The number of piperidine rings is 1. The molecule has 0 aliphatic carbocycles. The molecule has 1 aliphatic heterocycles. The summed E-state index contributed by atoms with van der Waals surface area (Å²) in [7, 11) is -2.28. The number of likely N-dealkylation sites (tertiary alicyclic amines) is 1. The van der Waals surface area contributed by atoms with Gasteiger partial charge in [0.05, 0.1) is 12.6 Å². The molecule has 13 heteroatoms. The fourth-order valence-corrected chi connectivity index (χ4v) is 5.16. The molecule has 0 aromatic carbocycles. The van der Waals surface area contributed by atoms with Crippen LogP contribution in [0.4, 0.5) is 0 Å². The molecule has 1 saturated heterocycles. The van der Waals surface area contributed by atoms with Crippen LogP contribution in [0.2, 0.25) is 0 Å². The second kappa shape index (κ2) is 10.4. The number of hydrogen-bond acceptors (Lipinski definition) is 7. The zero-order valence-electron chi connectivity index (χ0n) is 19.3. The molecule has 0 saturated carbocycles. The number of primary amides is 1. The number of carbonyl (C=O) groups excluding carboxylic acids is 3. The summed E-state index contributed by atoms with van der Waals surface area (Å²) < 4.78 is 34.8. The van der Waals surface area contributed by atoms with E-state index in [4.69, 9.17) is 10.2 Å². The first-order valence-corrected chi connectivity index (χ1v) is 12.4. The van der Waals surface area contributed by atoms with Crippen molar-refractivity contribution in [1.82, 2.24) is 24.5 Å². The highest BCUT2D eigenvalue weighted by atomic mass is 32.2. The fourth-order valence-electron chi connectivity index (χ4n) is 3.90. The summed E-state index contributed by atoms with van der Waals surface area (Å²) in [6.45, 7) is 3.87. The molecule has 1 aliphatic rings. The van der Waals surface area contributed by atoms with Crippen LogP contribution in [-0.2, 0) is 26.7 Å². The Morgan fingerprint density at radius 1 is 1.32 bits per heavy atom. The van der Waals surface area contributed by atoms with Gasteiger partial charge in [-0.1, -0.05) is 13.8 Å². The average Bonchev–Trinajstić information content (AvgIpc) is 3.44. The lowest BCUT2D eigenvalue weighted by molar-refractivity contribution is -0.131. The number of aromatic nitrogens is 2. The number of hydrogen-bond donors (Lipinski definition) is 3. The van der Waals surface area contributed by atoms with Crippen LogP contribution >= 0.6 is 0 Å². The van der Waals surface area contributed by atoms with Gasteiger partial charge in [0, 0.05) is 25.8 Å². The average molecular weight is 495 g/mol. The first-order valence-electron chi connectivity index (χ1n) is 10.9. The zero-order valence-corrected chi connectivity index (χ0v) is 20.1.